The van der Waals surface area contributed by atoms with Crippen LogP contribution in [0.1, 0.15) is 38.3 Å². The molecule has 0 radical (unpaired) electrons. The van der Waals surface area contributed by atoms with E-state index in [2.05, 4.69) is 13.8 Å². The Kier molecular flexibility index (Phi) is 4.22. The van der Waals surface area contributed by atoms with E-state index >= 15 is 0 Å². The summed E-state index contributed by atoms with van der Waals surface area (Å²) in [5, 5.41) is 38.6. The van der Waals surface area contributed by atoms with Crippen LogP contribution in [0.3, 0.4) is 0 Å². The first kappa shape index (κ1) is 16.0. The summed E-state index contributed by atoms with van der Waals surface area (Å²) in [6.45, 7) is 6.21. The Bertz CT molecular complexity index is 625. The molecule has 0 spiro atoms. The highest BCUT2D eigenvalue weighted by Crippen LogP contribution is 2.42. The zero-order valence-corrected chi connectivity index (χ0v) is 13.0. The third kappa shape index (κ3) is 2.96. The second-order valence-electron chi connectivity index (χ2n) is 6.34. The molecule has 22 heavy (non-hydrogen) atoms. The van der Waals surface area contributed by atoms with Crippen LogP contribution < -0.4 is 0 Å². The van der Waals surface area contributed by atoms with Crippen molar-refractivity contribution < 1.29 is 20.4 Å². The number of aromatic hydroxyl groups is 4. The second-order valence-corrected chi connectivity index (χ2v) is 6.34. The van der Waals surface area contributed by atoms with Gasteiger partial charge in [-0.25, -0.2) is 0 Å². The summed E-state index contributed by atoms with van der Waals surface area (Å²) in [4.78, 5) is 0. The molecule has 0 aliphatic heterocycles. The molecule has 0 bridgehead atoms. The van der Waals surface area contributed by atoms with Gasteiger partial charge in [0.2, 0.25) is 0 Å². The maximum Gasteiger partial charge on any atom is 0.157 e. The minimum absolute atomic E-state index is 0.163. The third-order valence-corrected chi connectivity index (χ3v) is 4.04. The Morgan fingerprint density at radius 1 is 0.773 bits per heavy atom. The van der Waals surface area contributed by atoms with Crippen LogP contribution in [0.5, 0.6) is 23.0 Å². The molecule has 118 valence electrons. The number of phenolic OH excluding ortho intramolecular Hbond substituents is 4. The highest BCUT2D eigenvalue weighted by molar-refractivity contribution is 5.50. The smallest absolute Gasteiger partial charge is 0.157 e. The molecule has 2 aromatic rings. The van der Waals surface area contributed by atoms with Gasteiger partial charge in [0.1, 0.15) is 0 Å². The molecular formula is C18H22O4. The third-order valence-electron chi connectivity index (χ3n) is 4.04. The van der Waals surface area contributed by atoms with Gasteiger partial charge in [0.25, 0.3) is 0 Å². The van der Waals surface area contributed by atoms with Crippen LogP contribution in [0, 0.1) is 5.92 Å². The van der Waals surface area contributed by atoms with E-state index < -0.39 is 5.41 Å². The zero-order chi connectivity index (χ0) is 16.5. The van der Waals surface area contributed by atoms with E-state index in [9.17, 15) is 20.4 Å². The normalized spacial score (nSPS) is 11.8. The lowest BCUT2D eigenvalue weighted by Crippen LogP contribution is -2.25. The lowest BCUT2D eigenvalue weighted by molar-refractivity contribution is 0.389. The summed E-state index contributed by atoms with van der Waals surface area (Å²) in [6.07, 6.45) is 0.779. The topological polar surface area (TPSA) is 80.9 Å². The van der Waals surface area contributed by atoms with Crippen LogP contribution >= 0.6 is 0 Å². The molecule has 0 saturated heterocycles. The van der Waals surface area contributed by atoms with Crippen molar-refractivity contribution in [3.05, 3.63) is 47.5 Å². The predicted octanol–water partition coefficient (Wildman–Crippen LogP) is 3.86. The Balaban J connectivity index is 2.60. The minimum atomic E-state index is -0.468. The van der Waals surface area contributed by atoms with Gasteiger partial charge in [0.15, 0.2) is 23.0 Å². The summed E-state index contributed by atoms with van der Waals surface area (Å²) in [5.74, 6) is -0.295. The minimum Gasteiger partial charge on any atom is -0.504 e. The van der Waals surface area contributed by atoms with Crippen LogP contribution in [0.15, 0.2) is 36.4 Å². The fraction of sp³-hybridized carbons (Fsp3) is 0.333. The van der Waals surface area contributed by atoms with E-state index in [1.807, 2.05) is 6.92 Å². The van der Waals surface area contributed by atoms with E-state index in [-0.39, 0.29) is 23.0 Å². The Labute approximate surface area is 130 Å². The van der Waals surface area contributed by atoms with Crippen LogP contribution in [-0.4, -0.2) is 20.4 Å². The Morgan fingerprint density at radius 3 is 1.50 bits per heavy atom. The summed E-state index contributed by atoms with van der Waals surface area (Å²) < 4.78 is 0. The highest BCUT2D eigenvalue weighted by atomic mass is 16.3. The van der Waals surface area contributed by atoms with Crippen molar-refractivity contribution in [1.82, 2.24) is 0 Å². The van der Waals surface area contributed by atoms with E-state index in [4.69, 9.17) is 0 Å². The fourth-order valence-electron chi connectivity index (χ4n) is 2.95. The summed E-state index contributed by atoms with van der Waals surface area (Å²) in [5.41, 5.74) is 1.20. The first-order chi connectivity index (χ1) is 10.2. The molecule has 4 heteroatoms. The average molecular weight is 302 g/mol. The first-order valence-electron chi connectivity index (χ1n) is 7.29. The molecule has 0 aromatic heterocycles. The number of benzene rings is 2. The molecule has 4 nitrogen and oxygen atoms in total. The summed E-state index contributed by atoms with van der Waals surface area (Å²) in [6, 6.07) is 9.54. The van der Waals surface area contributed by atoms with Crippen molar-refractivity contribution in [2.45, 2.75) is 32.6 Å². The lowest BCUT2D eigenvalue weighted by atomic mass is 9.71. The van der Waals surface area contributed by atoms with Gasteiger partial charge in [-0.2, -0.15) is 0 Å². The van der Waals surface area contributed by atoms with Gasteiger partial charge in [-0.05, 0) is 47.7 Å². The molecule has 0 heterocycles. The van der Waals surface area contributed by atoms with E-state index in [0.717, 1.165) is 17.5 Å². The van der Waals surface area contributed by atoms with Crippen molar-refractivity contribution >= 4 is 0 Å². The quantitative estimate of drug-likeness (QED) is 0.646. The van der Waals surface area contributed by atoms with Gasteiger partial charge in [0, 0.05) is 5.41 Å². The van der Waals surface area contributed by atoms with Crippen molar-refractivity contribution in [2.24, 2.45) is 5.92 Å². The molecule has 0 fully saturated rings. The van der Waals surface area contributed by atoms with E-state index in [1.165, 1.54) is 12.1 Å². The van der Waals surface area contributed by atoms with Crippen LogP contribution in [-0.2, 0) is 5.41 Å². The first-order valence-corrected chi connectivity index (χ1v) is 7.29. The summed E-state index contributed by atoms with van der Waals surface area (Å²) in [7, 11) is 0. The summed E-state index contributed by atoms with van der Waals surface area (Å²) >= 11 is 0. The van der Waals surface area contributed by atoms with Gasteiger partial charge < -0.3 is 20.4 Å². The van der Waals surface area contributed by atoms with Crippen LogP contribution in [0.2, 0.25) is 0 Å². The number of hydrogen-bond acceptors (Lipinski definition) is 4. The van der Waals surface area contributed by atoms with E-state index in [0.29, 0.717) is 5.92 Å². The lowest BCUT2D eigenvalue weighted by Gasteiger charge is -2.33. The van der Waals surface area contributed by atoms with Gasteiger partial charge in [0.05, 0.1) is 0 Å². The van der Waals surface area contributed by atoms with Crippen molar-refractivity contribution in [3.8, 4) is 23.0 Å². The largest absolute Gasteiger partial charge is 0.504 e. The molecule has 0 aliphatic rings. The molecular weight excluding hydrogens is 280 g/mol. The zero-order valence-electron chi connectivity index (χ0n) is 13.0. The molecule has 0 saturated carbocycles. The van der Waals surface area contributed by atoms with Crippen LogP contribution in [0.25, 0.3) is 0 Å². The van der Waals surface area contributed by atoms with E-state index in [1.54, 1.807) is 24.3 Å². The highest BCUT2D eigenvalue weighted by Gasteiger charge is 2.31. The maximum atomic E-state index is 9.80. The molecule has 0 amide bonds. The fourth-order valence-corrected chi connectivity index (χ4v) is 2.95. The molecule has 2 rings (SSSR count). The number of phenols is 4. The predicted molar refractivity (Wildman–Crippen MR) is 85.5 cm³/mol. The molecule has 2 aromatic carbocycles. The molecule has 0 atom stereocenters. The van der Waals surface area contributed by atoms with Crippen molar-refractivity contribution in [3.63, 3.8) is 0 Å². The molecule has 4 N–H and O–H groups in total. The van der Waals surface area contributed by atoms with Gasteiger partial charge in [-0.3, -0.25) is 0 Å². The van der Waals surface area contributed by atoms with Crippen molar-refractivity contribution in [2.75, 3.05) is 0 Å². The van der Waals surface area contributed by atoms with Gasteiger partial charge in [-0.15, -0.1) is 0 Å². The van der Waals surface area contributed by atoms with Crippen molar-refractivity contribution in [1.29, 1.82) is 0 Å². The maximum absolute atomic E-state index is 9.80. The van der Waals surface area contributed by atoms with Gasteiger partial charge in [-0.1, -0.05) is 32.9 Å². The monoisotopic (exact) mass is 302 g/mol. The number of hydrogen-bond donors (Lipinski definition) is 4. The second kappa shape index (κ2) is 5.79. The Hall–Kier alpha value is -2.36. The molecule has 0 aliphatic carbocycles. The average Bonchev–Trinajstić information content (AvgIpc) is 2.43. The molecule has 0 unspecified atom stereocenters. The number of rotatable bonds is 4. The standard InChI is InChI=1S/C18H22O4/c1-11(2)10-18(3,12-4-6-14(19)16(21)8-12)13-5-7-15(20)17(22)9-13/h4-9,11,19-22H,10H2,1-3H3. The van der Waals surface area contributed by atoms with Gasteiger partial charge >= 0.3 is 0 Å². The Morgan fingerprint density at radius 2 is 1.18 bits per heavy atom. The SMILES string of the molecule is CC(C)CC(C)(c1ccc(O)c(O)c1)c1ccc(O)c(O)c1. The van der Waals surface area contributed by atoms with Crippen LogP contribution in [0.4, 0.5) is 0 Å².